The molecule has 1 atom stereocenters. The summed E-state index contributed by atoms with van der Waals surface area (Å²) in [7, 11) is 0. The summed E-state index contributed by atoms with van der Waals surface area (Å²) in [6.07, 6.45) is 4.10. The lowest BCUT2D eigenvalue weighted by Crippen LogP contribution is -2.16. The van der Waals surface area contributed by atoms with Crippen LogP contribution in [0.4, 0.5) is 0 Å². The largest absolute Gasteiger partial charge is 0.466 e. The molecule has 0 spiro atoms. The summed E-state index contributed by atoms with van der Waals surface area (Å²) in [6, 6.07) is 10.1. The number of carbonyl (C=O) groups is 1. The van der Waals surface area contributed by atoms with E-state index in [-0.39, 0.29) is 12.1 Å². The van der Waals surface area contributed by atoms with Crippen molar-refractivity contribution in [3.05, 3.63) is 35.9 Å². The van der Waals surface area contributed by atoms with Gasteiger partial charge in [0, 0.05) is 11.8 Å². The van der Waals surface area contributed by atoms with E-state index in [1.54, 1.807) is 0 Å². The molecule has 0 aliphatic carbocycles. The summed E-state index contributed by atoms with van der Waals surface area (Å²) in [5.41, 5.74) is 1.16. The summed E-state index contributed by atoms with van der Waals surface area (Å²) in [5, 5.41) is 0.872. The van der Waals surface area contributed by atoms with E-state index in [2.05, 4.69) is 22.9 Å². The van der Waals surface area contributed by atoms with Crippen molar-refractivity contribution in [3.8, 4) is 0 Å². The molecule has 0 aliphatic heterocycles. The van der Waals surface area contributed by atoms with Crippen molar-refractivity contribution in [2.45, 2.75) is 51.7 Å². The summed E-state index contributed by atoms with van der Waals surface area (Å²) in [5.74, 6) is -0.119. The Morgan fingerprint density at radius 1 is 1.24 bits per heavy atom. The molecular weight excluding hydrogens is 332 g/mol. The Hall–Kier alpha value is -0.870. The second-order valence-corrected chi connectivity index (χ2v) is 5.80. The van der Waals surface area contributed by atoms with E-state index in [0.717, 1.165) is 30.2 Å². The molecule has 1 aromatic rings. The van der Waals surface area contributed by atoms with Crippen LogP contribution in [-0.4, -0.2) is 24.0 Å². The van der Waals surface area contributed by atoms with E-state index in [0.29, 0.717) is 26.1 Å². The lowest BCUT2D eigenvalue weighted by Gasteiger charge is -2.16. The molecule has 0 bridgehead atoms. The van der Waals surface area contributed by atoms with Crippen molar-refractivity contribution in [1.29, 1.82) is 0 Å². The molecule has 0 saturated heterocycles. The number of carbonyl (C=O) groups excluding carboxylic acids is 1. The molecule has 0 radical (unpaired) electrons. The van der Waals surface area contributed by atoms with E-state index < -0.39 is 0 Å². The van der Waals surface area contributed by atoms with E-state index >= 15 is 0 Å². The molecule has 0 saturated carbocycles. The lowest BCUT2D eigenvalue weighted by molar-refractivity contribution is -0.144. The third-order valence-electron chi connectivity index (χ3n) is 3.19. The highest BCUT2D eigenvalue weighted by Crippen LogP contribution is 2.13. The molecule has 0 amide bonds. The summed E-state index contributed by atoms with van der Waals surface area (Å²) in [4.78, 5) is 11.6. The predicted molar refractivity (Wildman–Crippen MR) is 88.5 cm³/mol. The minimum Gasteiger partial charge on any atom is -0.466 e. The van der Waals surface area contributed by atoms with Crippen LogP contribution in [0.3, 0.4) is 0 Å². The van der Waals surface area contributed by atoms with Gasteiger partial charge in [0.25, 0.3) is 0 Å². The molecule has 0 N–H and O–H groups in total. The number of unbranched alkanes of at least 4 members (excludes halogenated alkanes) is 1. The van der Waals surface area contributed by atoms with Crippen molar-refractivity contribution in [1.82, 2.24) is 0 Å². The first-order valence-electron chi connectivity index (χ1n) is 7.63. The molecule has 3 nitrogen and oxygen atoms in total. The third kappa shape index (κ3) is 8.89. The molecule has 21 heavy (non-hydrogen) atoms. The fraction of sp³-hybridized carbons (Fsp3) is 0.588. The van der Waals surface area contributed by atoms with Gasteiger partial charge in [-0.2, -0.15) is 0 Å². The van der Waals surface area contributed by atoms with Gasteiger partial charge in [0.15, 0.2) is 0 Å². The number of hydrogen-bond acceptors (Lipinski definition) is 3. The summed E-state index contributed by atoms with van der Waals surface area (Å²) < 4.78 is 11.1. The van der Waals surface area contributed by atoms with Gasteiger partial charge in [-0.15, -0.1) is 0 Å². The normalized spacial score (nSPS) is 12.1. The van der Waals surface area contributed by atoms with Gasteiger partial charge in [0.1, 0.15) is 0 Å². The van der Waals surface area contributed by atoms with Gasteiger partial charge in [-0.05, 0) is 24.8 Å². The van der Waals surface area contributed by atoms with Gasteiger partial charge < -0.3 is 9.47 Å². The first kappa shape index (κ1) is 18.2. The number of rotatable bonds is 11. The molecule has 118 valence electrons. The minimum absolute atomic E-state index is 0.0864. The van der Waals surface area contributed by atoms with Crippen LogP contribution in [0.15, 0.2) is 30.3 Å². The maximum Gasteiger partial charge on any atom is 0.305 e. The maximum absolute atomic E-state index is 11.6. The van der Waals surface area contributed by atoms with Gasteiger partial charge in [-0.25, -0.2) is 0 Å². The van der Waals surface area contributed by atoms with Crippen molar-refractivity contribution in [2.24, 2.45) is 0 Å². The van der Waals surface area contributed by atoms with Crippen LogP contribution in [-0.2, 0) is 20.9 Å². The van der Waals surface area contributed by atoms with Crippen molar-refractivity contribution >= 4 is 21.9 Å². The number of benzene rings is 1. The first-order valence-corrected chi connectivity index (χ1v) is 8.75. The van der Waals surface area contributed by atoms with Crippen LogP contribution in [0, 0.1) is 0 Å². The highest BCUT2D eigenvalue weighted by Gasteiger charge is 2.12. The zero-order valence-electron chi connectivity index (χ0n) is 12.7. The predicted octanol–water partition coefficient (Wildman–Crippen LogP) is 4.48. The second-order valence-electron chi connectivity index (χ2n) is 5.01. The Morgan fingerprint density at radius 2 is 2.00 bits per heavy atom. The number of halogens is 1. The smallest absolute Gasteiger partial charge is 0.305 e. The zero-order valence-corrected chi connectivity index (χ0v) is 14.3. The van der Waals surface area contributed by atoms with Gasteiger partial charge >= 0.3 is 5.97 Å². The van der Waals surface area contributed by atoms with E-state index in [1.165, 1.54) is 0 Å². The molecule has 0 aliphatic rings. The zero-order chi connectivity index (χ0) is 15.3. The van der Waals surface area contributed by atoms with Gasteiger partial charge in [-0.1, -0.05) is 59.6 Å². The Labute approximate surface area is 136 Å². The van der Waals surface area contributed by atoms with E-state index in [1.807, 2.05) is 30.3 Å². The standard InChI is InChI=1S/C17H25BrO3/c1-2-3-13-20-17(19)10-9-16(11-12-18)21-14-15-7-5-4-6-8-15/h4-8,16H,2-3,9-14H2,1H3. The van der Waals surface area contributed by atoms with Crippen LogP contribution in [0.5, 0.6) is 0 Å². The molecule has 4 heteroatoms. The number of esters is 1. The van der Waals surface area contributed by atoms with E-state index in [4.69, 9.17) is 9.47 Å². The number of hydrogen-bond donors (Lipinski definition) is 0. The molecule has 0 aromatic heterocycles. The molecule has 1 unspecified atom stereocenters. The van der Waals surface area contributed by atoms with Crippen LogP contribution >= 0.6 is 15.9 Å². The van der Waals surface area contributed by atoms with Crippen LogP contribution < -0.4 is 0 Å². The SMILES string of the molecule is CCCCOC(=O)CCC(CCBr)OCc1ccccc1. The van der Waals surface area contributed by atoms with Gasteiger partial charge in [0.05, 0.1) is 19.3 Å². The second kappa shape index (κ2) is 11.8. The lowest BCUT2D eigenvalue weighted by atomic mass is 10.1. The maximum atomic E-state index is 11.6. The first-order chi connectivity index (χ1) is 10.3. The summed E-state index contributed by atoms with van der Waals surface area (Å²) in [6.45, 7) is 3.20. The third-order valence-corrected chi connectivity index (χ3v) is 3.65. The molecule has 0 fully saturated rings. The highest BCUT2D eigenvalue weighted by atomic mass is 79.9. The number of ether oxygens (including phenoxy) is 2. The van der Waals surface area contributed by atoms with Crippen molar-refractivity contribution < 1.29 is 14.3 Å². The molecule has 1 aromatic carbocycles. The van der Waals surface area contributed by atoms with Crippen molar-refractivity contribution in [3.63, 3.8) is 0 Å². The fourth-order valence-electron chi connectivity index (χ4n) is 1.90. The Bertz CT molecular complexity index is 381. The van der Waals surface area contributed by atoms with Crippen LogP contribution in [0.2, 0.25) is 0 Å². The monoisotopic (exact) mass is 356 g/mol. The number of alkyl halides is 1. The Kier molecular flexibility index (Phi) is 10.2. The molecule has 1 rings (SSSR count). The van der Waals surface area contributed by atoms with Crippen LogP contribution in [0.25, 0.3) is 0 Å². The quantitative estimate of drug-likeness (QED) is 0.333. The molecular formula is C17H25BrO3. The Balaban J connectivity index is 2.27. The topological polar surface area (TPSA) is 35.5 Å². The highest BCUT2D eigenvalue weighted by molar-refractivity contribution is 9.09. The fourth-order valence-corrected chi connectivity index (χ4v) is 2.41. The Morgan fingerprint density at radius 3 is 2.67 bits per heavy atom. The average Bonchev–Trinajstić information content (AvgIpc) is 2.51. The van der Waals surface area contributed by atoms with Gasteiger partial charge in [0.2, 0.25) is 0 Å². The summed E-state index contributed by atoms with van der Waals surface area (Å²) >= 11 is 3.44. The minimum atomic E-state index is -0.119. The molecule has 0 heterocycles. The van der Waals surface area contributed by atoms with Gasteiger partial charge in [-0.3, -0.25) is 4.79 Å². The van der Waals surface area contributed by atoms with E-state index in [9.17, 15) is 4.79 Å². The van der Waals surface area contributed by atoms with Crippen molar-refractivity contribution in [2.75, 3.05) is 11.9 Å². The average molecular weight is 357 g/mol. The van der Waals surface area contributed by atoms with Crippen LogP contribution in [0.1, 0.15) is 44.6 Å².